The van der Waals surface area contributed by atoms with Gasteiger partial charge in [-0.1, -0.05) is 18.2 Å². The van der Waals surface area contributed by atoms with E-state index in [-0.39, 0.29) is 30.6 Å². The van der Waals surface area contributed by atoms with E-state index in [9.17, 15) is 35.9 Å². The number of carbonyl (C=O) groups is 2. The van der Waals surface area contributed by atoms with Crippen LogP contribution in [0.1, 0.15) is 29.5 Å². The number of nitrogens with one attached hydrogen (secondary N) is 1. The third-order valence-corrected chi connectivity index (χ3v) is 6.13. The quantitative estimate of drug-likeness (QED) is 0.641. The number of rotatable bonds is 3. The molecule has 2 aromatic carbocycles. The van der Waals surface area contributed by atoms with Crippen LogP contribution in [0.25, 0.3) is 0 Å². The number of anilines is 2. The van der Waals surface area contributed by atoms with E-state index < -0.39 is 29.4 Å². The highest BCUT2D eigenvalue weighted by molar-refractivity contribution is 6.02. The zero-order chi connectivity index (χ0) is 24.7. The molecule has 0 atom stereocenters. The second-order valence-corrected chi connectivity index (χ2v) is 8.36. The maximum Gasteiger partial charge on any atom is 0.418 e. The van der Waals surface area contributed by atoms with Crippen LogP contribution in [-0.2, 0) is 28.4 Å². The van der Waals surface area contributed by atoms with Crippen molar-refractivity contribution in [2.75, 3.05) is 29.9 Å². The highest BCUT2D eigenvalue weighted by atomic mass is 19.4. The van der Waals surface area contributed by atoms with Gasteiger partial charge in [0.1, 0.15) is 0 Å². The molecule has 0 unspecified atom stereocenters. The van der Waals surface area contributed by atoms with E-state index in [1.807, 2.05) is 0 Å². The number of alkyl halides is 6. The molecule has 34 heavy (non-hydrogen) atoms. The van der Waals surface area contributed by atoms with Crippen molar-refractivity contribution < 1.29 is 35.9 Å². The predicted octanol–water partition coefficient (Wildman–Crippen LogP) is 4.72. The average Bonchev–Trinajstić information content (AvgIpc) is 2.77. The molecule has 182 valence electrons. The van der Waals surface area contributed by atoms with Crippen LogP contribution < -0.4 is 10.2 Å². The van der Waals surface area contributed by atoms with Crippen molar-refractivity contribution in [3.8, 4) is 0 Å². The lowest BCUT2D eigenvalue weighted by Crippen LogP contribution is -2.51. The summed E-state index contributed by atoms with van der Waals surface area (Å²) in [7, 11) is 0. The largest absolute Gasteiger partial charge is 0.418 e. The lowest BCUT2D eigenvalue weighted by Gasteiger charge is -2.42. The van der Waals surface area contributed by atoms with Crippen LogP contribution in [0.3, 0.4) is 0 Å². The molecule has 2 amide bonds. The molecular formula is C23H21F6N3O2. The normalized spacial score (nSPS) is 17.4. The zero-order valence-electron chi connectivity index (χ0n) is 17.8. The van der Waals surface area contributed by atoms with E-state index >= 15 is 0 Å². The molecule has 2 heterocycles. The summed E-state index contributed by atoms with van der Waals surface area (Å²) in [6, 6.07) is 7.94. The first-order chi connectivity index (χ1) is 15.9. The molecular weight excluding hydrogens is 464 g/mol. The molecule has 0 spiro atoms. The lowest BCUT2D eigenvalue weighted by molar-refractivity contribution is -0.138. The van der Waals surface area contributed by atoms with Crippen LogP contribution in [0, 0.1) is 0 Å². The van der Waals surface area contributed by atoms with Gasteiger partial charge in [0.05, 0.1) is 35.5 Å². The van der Waals surface area contributed by atoms with E-state index in [2.05, 4.69) is 5.32 Å². The molecule has 1 fully saturated rings. The molecule has 11 heteroatoms. The minimum absolute atomic E-state index is 0.0489. The van der Waals surface area contributed by atoms with Gasteiger partial charge in [0, 0.05) is 19.1 Å². The average molecular weight is 485 g/mol. The number of para-hydroxylation sites is 1. The van der Waals surface area contributed by atoms with Gasteiger partial charge in [0.2, 0.25) is 11.8 Å². The lowest BCUT2D eigenvalue weighted by atomic mass is 9.98. The Labute approximate surface area is 191 Å². The minimum Gasteiger partial charge on any atom is -0.357 e. The molecule has 0 saturated carbocycles. The summed E-state index contributed by atoms with van der Waals surface area (Å²) in [4.78, 5) is 28.0. The van der Waals surface area contributed by atoms with E-state index in [4.69, 9.17) is 0 Å². The Morgan fingerprint density at radius 1 is 0.941 bits per heavy atom. The van der Waals surface area contributed by atoms with Gasteiger partial charge in [0.25, 0.3) is 0 Å². The molecule has 4 rings (SSSR count). The SMILES string of the molecule is O=C1CN(C2CCN(C(=O)Cc3ccc(C(F)(F)F)cc3)CC2)c2cccc(C(F)(F)F)c2N1. The van der Waals surface area contributed by atoms with Crippen molar-refractivity contribution in [3.63, 3.8) is 0 Å². The van der Waals surface area contributed by atoms with Crippen LogP contribution in [0.4, 0.5) is 37.7 Å². The molecule has 0 aliphatic carbocycles. The fraction of sp³-hybridized carbons (Fsp3) is 0.391. The summed E-state index contributed by atoms with van der Waals surface area (Å²) >= 11 is 0. The van der Waals surface area contributed by atoms with Gasteiger partial charge in [0.15, 0.2) is 0 Å². The molecule has 1 saturated heterocycles. The first-order valence-electron chi connectivity index (χ1n) is 10.6. The van der Waals surface area contributed by atoms with Crippen molar-refractivity contribution in [3.05, 3.63) is 59.2 Å². The van der Waals surface area contributed by atoms with Gasteiger partial charge in [-0.05, 0) is 42.7 Å². The maximum absolute atomic E-state index is 13.4. The molecule has 2 aliphatic heterocycles. The summed E-state index contributed by atoms with van der Waals surface area (Å²) in [6.45, 7) is 0.575. The van der Waals surface area contributed by atoms with E-state index in [1.54, 1.807) is 9.80 Å². The van der Waals surface area contributed by atoms with Crippen LogP contribution >= 0.6 is 0 Å². The monoisotopic (exact) mass is 485 g/mol. The number of halogens is 6. The predicted molar refractivity (Wildman–Crippen MR) is 112 cm³/mol. The Hall–Kier alpha value is -3.24. The number of carbonyl (C=O) groups excluding carboxylic acids is 2. The van der Waals surface area contributed by atoms with Crippen molar-refractivity contribution >= 4 is 23.2 Å². The minimum atomic E-state index is -4.62. The van der Waals surface area contributed by atoms with E-state index in [0.717, 1.165) is 18.2 Å². The van der Waals surface area contributed by atoms with Crippen molar-refractivity contribution in [1.29, 1.82) is 0 Å². The standard InChI is InChI=1S/C23H21F6N3O2/c24-22(25,26)15-6-4-14(5-7-15)12-20(34)31-10-8-16(9-11-31)32-13-19(33)30-21-17(23(27,28)29)2-1-3-18(21)32/h1-7,16H,8-13H2,(H,30,33). The fourth-order valence-corrected chi connectivity index (χ4v) is 4.42. The molecule has 0 aromatic heterocycles. The van der Waals surface area contributed by atoms with Gasteiger partial charge in [-0.15, -0.1) is 0 Å². The Bertz CT molecular complexity index is 1070. The highest BCUT2D eigenvalue weighted by Gasteiger charge is 2.39. The maximum atomic E-state index is 13.4. The second kappa shape index (κ2) is 8.84. The first-order valence-corrected chi connectivity index (χ1v) is 10.6. The smallest absolute Gasteiger partial charge is 0.357 e. The summed E-state index contributed by atoms with van der Waals surface area (Å²) < 4.78 is 78.3. The Morgan fingerprint density at radius 3 is 2.18 bits per heavy atom. The molecule has 5 nitrogen and oxygen atoms in total. The van der Waals surface area contributed by atoms with Gasteiger partial charge in [-0.25, -0.2) is 0 Å². The van der Waals surface area contributed by atoms with Gasteiger partial charge in [-0.3, -0.25) is 9.59 Å². The fourth-order valence-electron chi connectivity index (χ4n) is 4.42. The van der Waals surface area contributed by atoms with Crippen LogP contribution in [0.2, 0.25) is 0 Å². The second-order valence-electron chi connectivity index (χ2n) is 8.36. The molecule has 1 N–H and O–H groups in total. The van der Waals surface area contributed by atoms with Gasteiger partial charge < -0.3 is 15.1 Å². The summed E-state index contributed by atoms with van der Waals surface area (Å²) in [6.07, 6.45) is -8.22. The van der Waals surface area contributed by atoms with Gasteiger partial charge >= 0.3 is 12.4 Å². The zero-order valence-corrected chi connectivity index (χ0v) is 17.8. The summed E-state index contributed by atoms with van der Waals surface area (Å²) in [5, 5.41) is 2.34. The van der Waals surface area contributed by atoms with Crippen LogP contribution in [0.5, 0.6) is 0 Å². The summed E-state index contributed by atoms with van der Waals surface area (Å²) in [5.41, 5.74) is -1.20. The van der Waals surface area contributed by atoms with Crippen molar-refractivity contribution in [1.82, 2.24) is 4.90 Å². The van der Waals surface area contributed by atoms with Crippen molar-refractivity contribution in [2.45, 2.75) is 37.7 Å². The Kier molecular flexibility index (Phi) is 6.22. The summed E-state index contributed by atoms with van der Waals surface area (Å²) in [5.74, 6) is -0.778. The van der Waals surface area contributed by atoms with Crippen LogP contribution in [-0.4, -0.2) is 42.4 Å². The number of hydrogen-bond donors (Lipinski definition) is 1. The number of fused-ring (bicyclic) bond motifs is 1. The van der Waals surface area contributed by atoms with E-state index in [1.165, 1.54) is 24.3 Å². The Morgan fingerprint density at radius 2 is 1.59 bits per heavy atom. The molecule has 0 radical (unpaired) electrons. The molecule has 2 aliphatic rings. The number of piperidine rings is 1. The van der Waals surface area contributed by atoms with Crippen LogP contribution in [0.15, 0.2) is 42.5 Å². The topological polar surface area (TPSA) is 52.7 Å². The van der Waals surface area contributed by atoms with Gasteiger partial charge in [-0.2, -0.15) is 26.3 Å². The molecule has 2 aromatic rings. The third kappa shape index (κ3) is 4.97. The third-order valence-electron chi connectivity index (χ3n) is 6.13. The number of benzene rings is 2. The molecule has 0 bridgehead atoms. The number of likely N-dealkylation sites (tertiary alicyclic amines) is 1. The first kappa shape index (κ1) is 23.9. The van der Waals surface area contributed by atoms with Crippen molar-refractivity contribution in [2.24, 2.45) is 0 Å². The number of amides is 2. The Balaban J connectivity index is 1.41. The highest BCUT2D eigenvalue weighted by Crippen LogP contribution is 2.42. The van der Waals surface area contributed by atoms with E-state index in [0.29, 0.717) is 37.2 Å². The number of nitrogens with zero attached hydrogens (tertiary/aromatic N) is 2. The number of hydrogen-bond acceptors (Lipinski definition) is 3.